The fourth-order valence-electron chi connectivity index (χ4n) is 1.44. The standard InChI is InChI=1S/C12H17N3O2/c1-14(8-11-4-7-17-10-11)9-12(16)15(2)6-3-5-13/h4,7,10H,3,6,8-9H2,1-2H3. The molecule has 1 aromatic heterocycles. The van der Waals surface area contributed by atoms with Gasteiger partial charge < -0.3 is 9.32 Å². The topological polar surface area (TPSA) is 60.5 Å². The molecule has 17 heavy (non-hydrogen) atoms. The van der Waals surface area contributed by atoms with Gasteiger partial charge in [-0.3, -0.25) is 9.69 Å². The number of rotatable bonds is 6. The number of nitrogens with zero attached hydrogens (tertiary/aromatic N) is 3. The van der Waals surface area contributed by atoms with E-state index in [1.807, 2.05) is 24.1 Å². The van der Waals surface area contributed by atoms with Crippen LogP contribution in [-0.4, -0.2) is 42.9 Å². The van der Waals surface area contributed by atoms with Crippen molar-refractivity contribution in [3.63, 3.8) is 0 Å². The van der Waals surface area contributed by atoms with Gasteiger partial charge >= 0.3 is 0 Å². The molecule has 0 fully saturated rings. The molecule has 0 spiro atoms. The highest BCUT2D eigenvalue weighted by atomic mass is 16.3. The van der Waals surface area contributed by atoms with Crippen molar-refractivity contribution in [3.8, 4) is 6.07 Å². The molecule has 0 unspecified atom stereocenters. The van der Waals surface area contributed by atoms with Crippen LogP contribution in [0.3, 0.4) is 0 Å². The van der Waals surface area contributed by atoms with Crippen LogP contribution in [0.2, 0.25) is 0 Å². The van der Waals surface area contributed by atoms with Gasteiger partial charge in [0, 0.05) is 25.7 Å². The van der Waals surface area contributed by atoms with Crippen molar-refractivity contribution >= 4 is 5.91 Å². The Balaban J connectivity index is 2.33. The van der Waals surface area contributed by atoms with Crippen molar-refractivity contribution < 1.29 is 9.21 Å². The number of furan rings is 1. The van der Waals surface area contributed by atoms with E-state index in [1.165, 1.54) is 0 Å². The molecule has 1 heterocycles. The maximum absolute atomic E-state index is 11.7. The summed E-state index contributed by atoms with van der Waals surface area (Å²) < 4.78 is 4.96. The molecule has 0 radical (unpaired) electrons. The molecule has 1 rings (SSSR count). The summed E-state index contributed by atoms with van der Waals surface area (Å²) in [5.74, 6) is 0.0197. The summed E-state index contributed by atoms with van der Waals surface area (Å²) in [7, 11) is 3.59. The van der Waals surface area contributed by atoms with Crippen LogP contribution in [-0.2, 0) is 11.3 Å². The van der Waals surface area contributed by atoms with E-state index in [0.29, 0.717) is 26.1 Å². The largest absolute Gasteiger partial charge is 0.472 e. The summed E-state index contributed by atoms with van der Waals surface area (Å²) >= 11 is 0. The zero-order valence-electron chi connectivity index (χ0n) is 10.2. The van der Waals surface area contributed by atoms with Crippen LogP contribution in [0.15, 0.2) is 23.0 Å². The Labute approximate surface area is 101 Å². The zero-order chi connectivity index (χ0) is 12.7. The molecular weight excluding hydrogens is 218 g/mol. The summed E-state index contributed by atoms with van der Waals surface area (Å²) in [6.07, 6.45) is 3.65. The van der Waals surface area contributed by atoms with Gasteiger partial charge in [0.2, 0.25) is 5.91 Å². The van der Waals surface area contributed by atoms with Crippen LogP contribution in [0.1, 0.15) is 12.0 Å². The van der Waals surface area contributed by atoms with Crippen molar-refractivity contribution in [3.05, 3.63) is 24.2 Å². The lowest BCUT2D eigenvalue weighted by Crippen LogP contribution is -2.36. The van der Waals surface area contributed by atoms with E-state index < -0.39 is 0 Å². The number of carbonyl (C=O) groups is 1. The molecule has 0 aliphatic rings. The van der Waals surface area contributed by atoms with Crippen LogP contribution in [0.4, 0.5) is 0 Å². The normalized spacial score (nSPS) is 10.2. The van der Waals surface area contributed by atoms with Gasteiger partial charge in [-0.25, -0.2) is 0 Å². The van der Waals surface area contributed by atoms with E-state index >= 15 is 0 Å². The first-order chi connectivity index (χ1) is 8.13. The molecule has 1 amide bonds. The molecule has 5 heteroatoms. The van der Waals surface area contributed by atoms with Crippen molar-refractivity contribution in [2.24, 2.45) is 0 Å². The van der Waals surface area contributed by atoms with E-state index in [-0.39, 0.29) is 5.91 Å². The number of likely N-dealkylation sites (N-methyl/N-ethyl adjacent to an activating group) is 2. The predicted molar refractivity (Wildman–Crippen MR) is 62.9 cm³/mol. The molecule has 0 aliphatic heterocycles. The second-order valence-electron chi connectivity index (χ2n) is 4.03. The van der Waals surface area contributed by atoms with Crippen molar-refractivity contribution in [1.82, 2.24) is 9.80 Å². The van der Waals surface area contributed by atoms with Crippen molar-refractivity contribution in [2.75, 3.05) is 27.2 Å². The number of carbonyl (C=O) groups excluding carboxylic acids is 1. The average molecular weight is 235 g/mol. The van der Waals surface area contributed by atoms with Crippen LogP contribution in [0.5, 0.6) is 0 Å². The second kappa shape index (κ2) is 6.71. The van der Waals surface area contributed by atoms with Gasteiger partial charge in [0.1, 0.15) is 0 Å². The molecule has 0 N–H and O–H groups in total. The molecule has 0 aromatic carbocycles. The minimum absolute atomic E-state index is 0.0197. The minimum atomic E-state index is 0.0197. The van der Waals surface area contributed by atoms with Gasteiger partial charge in [-0.2, -0.15) is 5.26 Å². The fraction of sp³-hybridized carbons (Fsp3) is 0.500. The first-order valence-electron chi connectivity index (χ1n) is 5.44. The highest BCUT2D eigenvalue weighted by Crippen LogP contribution is 2.03. The van der Waals surface area contributed by atoms with Crippen molar-refractivity contribution in [1.29, 1.82) is 5.26 Å². The summed E-state index contributed by atoms with van der Waals surface area (Å²) in [4.78, 5) is 15.2. The Kier molecular flexibility index (Phi) is 5.24. The smallest absolute Gasteiger partial charge is 0.236 e. The molecule has 0 atom stereocenters. The second-order valence-corrected chi connectivity index (χ2v) is 4.03. The molecule has 1 aromatic rings. The van der Waals surface area contributed by atoms with Crippen LogP contribution in [0.25, 0.3) is 0 Å². The number of nitriles is 1. The molecule has 0 aliphatic carbocycles. The zero-order valence-corrected chi connectivity index (χ0v) is 10.2. The van der Waals surface area contributed by atoms with Crippen LogP contribution >= 0.6 is 0 Å². The van der Waals surface area contributed by atoms with Gasteiger partial charge in [0.25, 0.3) is 0 Å². The van der Waals surface area contributed by atoms with Gasteiger partial charge in [-0.05, 0) is 13.1 Å². The highest BCUT2D eigenvalue weighted by Gasteiger charge is 2.11. The lowest BCUT2D eigenvalue weighted by atomic mass is 10.3. The van der Waals surface area contributed by atoms with Gasteiger partial charge in [0.05, 0.1) is 31.6 Å². The monoisotopic (exact) mass is 235 g/mol. The summed E-state index contributed by atoms with van der Waals surface area (Å²) in [6, 6.07) is 3.90. The summed E-state index contributed by atoms with van der Waals surface area (Å²) in [6.45, 7) is 1.50. The van der Waals surface area contributed by atoms with E-state index in [4.69, 9.17) is 9.68 Å². The maximum atomic E-state index is 11.7. The third kappa shape index (κ3) is 4.70. The third-order valence-electron chi connectivity index (χ3n) is 2.42. The first-order valence-corrected chi connectivity index (χ1v) is 5.44. The average Bonchev–Trinajstić information content (AvgIpc) is 2.78. The Morgan fingerprint density at radius 1 is 1.53 bits per heavy atom. The molecule has 5 nitrogen and oxygen atoms in total. The van der Waals surface area contributed by atoms with Crippen LogP contribution < -0.4 is 0 Å². The van der Waals surface area contributed by atoms with Crippen LogP contribution in [0, 0.1) is 11.3 Å². The molecule has 0 bridgehead atoms. The Hall–Kier alpha value is -1.80. The molecule has 0 saturated carbocycles. The van der Waals surface area contributed by atoms with Crippen molar-refractivity contribution in [2.45, 2.75) is 13.0 Å². The Morgan fingerprint density at radius 2 is 2.29 bits per heavy atom. The van der Waals surface area contributed by atoms with E-state index in [9.17, 15) is 4.79 Å². The minimum Gasteiger partial charge on any atom is -0.472 e. The SMILES string of the molecule is CN(CC(=O)N(C)CCC#N)Cc1ccoc1. The summed E-state index contributed by atoms with van der Waals surface area (Å²) in [5.41, 5.74) is 1.04. The number of hydrogen-bond acceptors (Lipinski definition) is 4. The number of hydrogen-bond donors (Lipinski definition) is 0. The lowest BCUT2D eigenvalue weighted by molar-refractivity contribution is -0.130. The highest BCUT2D eigenvalue weighted by molar-refractivity contribution is 5.77. The molecule has 92 valence electrons. The van der Waals surface area contributed by atoms with E-state index in [1.54, 1.807) is 24.5 Å². The van der Waals surface area contributed by atoms with Gasteiger partial charge in [-0.15, -0.1) is 0 Å². The Morgan fingerprint density at radius 3 is 2.88 bits per heavy atom. The van der Waals surface area contributed by atoms with Gasteiger partial charge in [-0.1, -0.05) is 0 Å². The fourth-order valence-corrected chi connectivity index (χ4v) is 1.44. The predicted octanol–water partition coefficient (Wildman–Crippen LogP) is 1.08. The maximum Gasteiger partial charge on any atom is 0.236 e. The molecular formula is C12H17N3O2. The van der Waals surface area contributed by atoms with Gasteiger partial charge in [0.15, 0.2) is 0 Å². The molecule has 0 saturated heterocycles. The summed E-state index contributed by atoms with van der Waals surface area (Å²) in [5, 5.41) is 8.44. The quantitative estimate of drug-likeness (QED) is 0.740. The third-order valence-corrected chi connectivity index (χ3v) is 2.42. The number of amides is 1. The lowest BCUT2D eigenvalue weighted by Gasteiger charge is -2.20. The van der Waals surface area contributed by atoms with E-state index in [2.05, 4.69) is 0 Å². The first kappa shape index (κ1) is 13.3. The Bertz CT molecular complexity index is 381. The van der Waals surface area contributed by atoms with E-state index in [0.717, 1.165) is 5.56 Å².